The van der Waals surface area contributed by atoms with Crippen LogP contribution in [0.25, 0.3) is 5.76 Å². The Bertz CT molecular complexity index is 404. The largest absolute Gasteiger partial charge is 0.796 e. The van der Waals surface area contributed by atoms with Crippen molar-refractivity contribution in [2.75, 3.05) is 0 Å². The van der Waals surface area contributed by atoms with Gasteiger partial charge in [0.25, 0.3) is 0 Å². The quantitative estimate of drug-likeness (QED) is 0.462. The van der Waals surface area contributed by atoms with Gasteiger partial charge in [-0.3, -0.25) is 4.79 Å². The minimum absolute atomic E-state index is 0.167. The highest BCUT2D eigenvalue weighted by atomic mass is 35.5. The minimum atomic E-state index is -2.97. The van der Waals surface area contributed by atoms with E-state index >= 15 is 0 Å². The van der Waals surface area contributed by atoms with Gasteiger partial charge in [-0.25, -0.2) is 8.63 Å². The smallest absolute Gasteiger partial charge is 0.505 e. The van der Waals surface area contributed by atoms with E-state index in [0.29, 0.717) is 10.6 Å². The van der Waals surface area contributed by atoms with Crippen LogP contribution in [0.1, 0.15) is 12.5 Å². The van der Waals surface area contributed by atoms with Crippen LogP contribution >= 0.6 is 11.6 Å². The molecule has 0 fully saturated rings. The van der Waals surface area contributed by atoms with Crippen LogP contribution < -0.4 is 0 Å². The molecule has 0 aliphatic rings. The lowest BCUT2D eigenvalue weighted by atomic mass is 10.1. The number of rotatable bonds is 4. The molecule has 0 aromatic heterocycles. The van der Waals surface area contributed by atoms with E-state index in [0.717, 1.165) is 6.08 Å². The van der Waals surface area contributed by atoms with Gasteiger partial charge in [-0.15, -0.1) is 0 Å². The monoisotopic (exact) mass is 244 g/mol. The van der Waals surface area contributed by atoms with Crippen molar-refractivity contribution in [1.29, 1.82) is 0 Å². The van der Waals surface area contributed by atoms with Crippen LogP contribution in [-0.2, 0) is 9.45 Å². The summed E-state index contributed by atoms with van der Waals surface area (Å²) in [6.07, 6.45) is 1.01. The van der Waals surface area contributed by atoms with Crippen molar-refractivity contribution < 1.29 is 18.1 Å². The second kappa shape index (κ2) is 5.65. The third-order valence-electron chi connectivity index (χ3n) is 1.68. The maximum atomic E-state index is 12.1. The van der Waals surface area contributed by atoms with Gasteiger partial charge in [-0.1, -0.05) is 11.6 Å². The van der Waals surface area contributed by atoms with Gasteiger partial charge in [0, 0.05) is 16.7 Å². The predicted molar refractivity (Wildman–Crippen MR) is 59.2 cm³/mol. The van der Waals surface area contributed by atoms with Gasteiger partial charge in [0.15, 0.2) is 5.78 Å². The maximum absolute atomic E-state index is 12.1. The lowest BCUT2D eigenvalue weighted by Crippen LogP contribution is -2.05. The van der Waals surface area contributed by atoms with E-state index in [1.165, 1.54) is 31.2 Å². The van der Waals surface area contributed by atoms with Crippen LogP contribution in [0.5, 0.6) is 0 Å². The van der Waals surface area contributed by atoms with Crippen LogP contribution in [0.4, 0.5) is 8.63 Å². The normalized spacial score (nSPS) is 11.1. The van der Waals surface area contributed by atoms with Gasteiger partial charge in [0.2, 0.25) is 0 Å². The Labute approximate surface area is 97.1 Å². The fourth-order valence-electron chi connectivity index (χ4n) is 1.08. The topological polar surface area (TPSA) is 26.3 Å². The average molecular weight is 244 g/mol. The first kappa shape index (κ1) is 12.7. The standard InChI is InChI=1S/C10H8BClF2O2/c1-7(15)6-10(16-11(13)14)8-2-4-9(12)5-3-8/h2-6H,1H3/b10-6+. The first-order chi connectivity index (χ1) is 7.49. The SMILES string of the molecule is CC(=O)/C=C(/OB(F)F)c1ccc(Cl)cc1. The molecule has 0 aliphatic carbocycles. The number of hydrogen-bond acceptors (Lipinski definition) is 2. The zero-order valence-corrected chi connectivity index (χ0v) is 9.17. The second-order valence-corrected chi connectivity index (χ2v) is 3.44. The number of benzene rings is 1. The third-order valence-corrected chi connectivity index (χ3v) is 1.93. The number of halogens is 3. The zero-order chi connectivity index (χ0) is 12.1. The fraction of sp³-hybridized carbons (Fsp3) is 0.100. The Balaban J connectivity index is 3.01. The highest BCUT2D eigenvalue weighted by Crippen LogP contribution is 2.20. The molecule has 84 valence electrons. The van der Waals surface area contributed by atoms with Gasteiger partial charge >= 0.3 is 7.47 Å². The van der Waals surface area contributed by atoms with E-state index in [9.17, 15) is 13.4 Å². The van der Waals surface area contributed by atoms with Crippen molar-refractivity contribution >= 4 is 30.6 Å². The van der Waals surface area contributed by atoms with Gasteiger partial charge in [-0.2, -0.15) is 0 Å². The van der Waals surface area contributed by atoms with E-state index < -0.39 is 7.47 Å². The van der Waals surface area contributed by atoms with Gasteiger partial charge in [0.1, 0.15) is 5.76 Å². The Morgan fingerprint density at radius 3 is 2.38 bits per heavy atom. The van der Waals surface area contributed by atoms with Crippen LogP contribution in [0, 0.1) is 0 Å². The highest BCUT2D eigenvalue weighted by molar-refractivity contribution is 6.36. The van der Waals surface area contributed by atoms with Crippen LogP contribution in [0.3, 0.4) is 0 Å². The molecule has 0 spiro atoms. The van der Waals surface area contributed by atoms with E-state index in [2.05, 4.69) is 4.65 Å². The lowest BCUT2D eigenvalue weighted by molar-refractivity contribution is -0.112. The molecule has 0 aliphatic heterocycles. The van der Waals surface area contributed by atoms with Crippen molar-refractivity contribution in [1.82, 2.24) is 0 Å². The van der Waals surface area contributed by atoms with Gasteiger partial charge < -0.3 is 4.65 Å². The summed E-state index contributed by atoms with van der Waals surface area (Å²) >= 11 is 5.65. The van der Waals surface area contributed by atoms with Crippen LogP contribution in [0.15, 0.2) is 30.3 Å². The minimum Gasteiger partial charge on any atom is -0.505 e. The van der Waals surface area contributed by atoms with Crippen molar-refractivity contribution in [2.45, 2.75) is 6.92 Å². The number of ketones is 1. The van der Waals surface area contributed by atoms with Crippen molar-refractivity contribution in [3.05, 3.63) is 40.9 Å². The Morgan fingerprint density at radius 2 is 1.94 bits per heavy atom. The molecular weight excluding hydrogens is 236 g/mol. The molecule has 0 bridgehead atoms. The fourth-order valence-corrected chi connectivity index (χ4v) is 1.21. The van der Waals surface area contributed by atoms with Gasteiger partial charge in [-0.05, 0) is 31.2 Å². The number of carbonyl (C=O) groups is 1. The molecule has 1 aromatic carbocycles. The molecule has 0 atom stereocenters. The number of hydrogen-bond donors (Lipinski definition) is 0. The maximum Gasteiger partial charge on any atom is 0.796 e. The molecule has 0 saturated carbocycles. The summed E-state index contributed by atoms with van der Waals surface area (Å²) in [5.41, 5.74) is 0.375. The molecule has 0 saturated heterocycles. The first-order valence-corrected chi connectivity index (χ1v) is 4.80. The predicted octanol–water partition coefficient (Wildman–Crippen LogP) is 3.21. The number of allylic oxidation sites excluding steroid dienone is 1. The lowest BCUT2D eigenvalue weighted by Gasteiger charge is -2.07. The molecule has 0 N–H and O–H groups in total. The summed E-state index contributed by atoms with van der Waals surface area (Å²) in [7, 11) is -2.97. The molecule has 0 amide bonds. The summed E-state index contributed by atoms with van der Waals surface area (Å²) in [4.78, 5) is 10.8. The molecule has 2 nitrogen and oxygen atoms in total. The van der Waals surface area contributed by atoms with E-state index in [-0.39, 0.29) is 11.5 Å². The summed E-state index contributed by atoms with van der Waals surface area (Å²) in [6, 6.07) is 6.05. The first-order valence-electron chi connectivity index (χ1n) is 4.42. The Kier molecular flexibility index (Phi) is 4.49. The molecule has 16 heavy (non-hydrogen) atoms. The summed E-state index contributed by atoms with van der Waals surface area (Å²) in [6.45, 7) is 1.25. The molecule has 1 rings (SSSR count). The van der Waals surface area contributed by atoms with E-state index in [1.54, 1.807) is 0 Å². The zero-order valence-electron chi connectivity index (χ0n) is 8.41. The van der Waals surface area contributed by atoms with Crippen LogP contribution in [-0.4, -0.2) is 13.3 Å². The average Bonchev–Trinajstić information content (AvgIpc) is 2.16. The van der Waals surface area contributed by atoms with E-state index in [1.807, 2.05) is 0 Å². The third kappa shape index (κ3) is 4.02. The van der Waals surface area contributed by atoms with Crippen molar-refractivity contribution in [2.24, 2.45) is 0 Å². The summed E-state index contributed by atoms with van der Waals surface area (Å²) in [5.74, 6) is -0.537. The molecule has 0 heterocycles. The molecule has 0 unspecified atom stereocenters. The molecule has 6 heteroatoms. The van der Waals surface area contributed by atoms with Crippen molar-refractivity contribution in [3.8, 4) is 0 Å². The molecular formula is C10H8BClF2O2. The molecule has 0 radical (unpaired) electrons. The Hall–Kier alpha value is -1.36. The summed E-state index contributed by atoms with van der Waals surface area (Å²) < 4.78 is 28.5. The second-order valence-electron chi connectivity index (χ2n) is 3.00. The molecule has 1 aromatic rings. The highest BCUT2D eigenvalue weighted by Gasteiger charge is 2.20. The number of carbonyl (C=O) groups excluding carboxylic acids is 1. The summed E-state index contributed by atoms with van der Waals surface area (Å²) in [5, 5.41) is 0.475. The van der Waals surface area contributed by atoms with E-state index in [4.69, 9.17) is 11.6 Å². The van der Waals surface area contributed by atoms with Crippen molar-refractivity contribution in [3.63, 3.8) is 0 Å². The van der Waals surface area contributed by atoms with Crippen LogP contribution in [0.2, 0.25) is 5.02 Å². The van der Waals surface area contributed by atoms with Gasteiger partial charge in [0.05, 0.1) is 0 Å². The Morgan fingerprint density at radius 1 is 1.38 bits per heavy atom.